The highest BCUT2D eigenvalue weighted by molar-refractivity contribution is 5.96. The summed E-state index contributed by atoms with van der Waals surface area (Å²) >= 11 is 0. The number of hydrogen-bond acceptors (Lipinski definition) is 3. The molecule has 18 heavy (non-hydrogen) atoms. The molecular weight excluding hydrogens is 230 g/mol. The molecule has 0 aliphatic carbocycles. The first-order chi connectivity index (χ1) is 8.66. The maximum Gasteiger partial charge on any atom is 0.255 e. The molecule has 0 heterocycles. The number of carbonyl (C=O) groups is 1. The first-order valence-electron chi connectivity index (χ1n) is 5.51. The molecule has 0 aromatic heterocycles. The second-order valence-electron chi connectivity index (χ2n) is 3.87. The Kier molecular flexibility index (Phi) is 3.48. The van der Waals surface area contributed by atoms with Crippen LogP contribution in [-0.4, -0.2) is 16.1 Å². The summed E-state index contributed by atoms with van der Waals surface area (Å²) in [5.41, 5.74) is 1.12. The highest BCUT2D eigenvalue weighted by atomic mass is 16.3. The predicted molar refractivity (Wildman–Crippen MR) is 67.4 cm³/mol. The van der Waals surface area contributed by atoms with E-state index < -0.39 is 0 Å². The molecule has 92 valence electrons. The van der Waals surface area contributed by atoms with E-state index in [0.29, 0.717) is 6.54 Å². The molecule has 2 rings (SSSR count). The van der Waals surface area contributed by atoms with Gasteiger partial charge in [0.25, 0.3) is 5.91 Å². The summed E-state index contributed by atoms with van der Waals surface area (Å²) in [6.07, 6.45) is 0. The van der Waals surface area contributed by atoms with Gasteiger partial charge in [0.15, 0.2) is 0 Å². The number of carbonyl (C=O) groups excluding carboxylic acids is 1. The van der Waals surface area contributed by atoms with E-state index in [1.165, 1.54) is 6.07 Å². The first kappa shape index (κ1) is 12.0. The van der Waals surface area contributed by atoms with Gasteiger partial charge in [-0.1, -0.05) is 24.3 Å². The van der Waals surface area contributed by atoms with Crippen LogP contribution in [0.4, 0.5) is 0 Å². The van der Waals surface area contributed by atoms with E-state index in [2.05, 4.69) is 5.32 Å². The highest BCUT2D eigenvalue weighted by Crippen LogP contribution is 2.15. The van der Waals surface area contributed by atoms with Gasteiger partial charge in [-0.3, -0.25) is 4.79 Å². The summed E-state index contributed by atoms with van der Waals surface area (Å²) in [7, 11) is 0. The average molecular weight is 243 g/mol. The summed E-state index contributed by atoms with van der Waals surface area (Å²) in [6, 6.07) is 12.9. The molecule has 4 heteroatoms. The maximum atomic E-state index is 11.8. The van der Waals surface area contributed by atoms with Crippen LogP contribution in [0.5, 0.6) is 11.5 Å². The average Bonchev–Trinajstić information content (AvgIpc) is 2.38. The van der Waals surface area contributed by atoms with Crippen molar-refractivity contribution in [2.45, 2.75) is 6.54 Å². The smallest absolute Gasteiger partial charge is 0.255 e. The first-order valence-corrected chi connectivity index (χ1v) is 5.51. The summed E-state index contributed by atoms with van der Waals surface area (Å²) in [5.74, 6) is -0.187. The van der Waals surface area contributed by atoms with Crippen LogP contribution in [0.1, 0.15) is 15.9 Å². The van der Waals surface area contributed by atoms with Gasteiger partial charge in [-0.25, -0.2) is 0 Å². The zero-order valence-electron chi connectivity index (χ0n) is 9.63. The lowest BCUT2D eigenvalue weighted by Gasteiger charge is -2.06. The molecule has 2 aromatic carbocycles. The largest absolute Gasteiger partial charge is 0.508 e. The number of benzene rings is 2. The zero-order valence-corrected chi connectivity index (χ0v) is 9.63. The summed E-state index contributed by atoms with van der Waals surface area (Å²) in [4.78, 5) is 11.8. The van der Waals surface area contributed by atoms with E-state index in [1.807, 2.05) is 0 Å². The van der Waals surface area contributed by atoms with Crippen LogP contribution in [0.3, 0.4) is 0 Å². The van der Waals surface area contributed by atoms with Crippen LogP contribution >= 0.6 is 0 Å². The van der Waals surface area contributed by atoms with Gasteiger partial charge in [-0.15, -0.1) is 0 Å². The third-order valence-corrected chi connectivity index (χ3v) is 2.54. The third-order valence-electron chi connectivity index (χ3n) is 2.54. The van der Waals surface area contributed by atoms with Crippen molar-refractivity contribution in [2.24, 2.45) is 0 Å². The van der Waals surface area contributed by atoms with E-state index >= 15 is 0 Å². The van der Waals surface area contributed by atoms with Crippen molar-refractivity contribution in [1.29, 1.82) is 0 Å². The molecule has 0 spiro atoms. The van der Waals surface area contributed by atoms with E-state index in [4.69, 9.17) is 5.11 Å². The second-order valence-corrected chi connectivity index (χ2v) is 3.87. The SMILES string of the molecule is O=C(NCc1ccc(O)cc1)c1ccccc1O. The van der Waals surface area contributed by atoms with Crippen LogP contribution < -0.4 is 5.32 Å². The maximum absolute atomic E-state index is 11.8. The Morgan fingerprint density at radius 3 is 2.33 bits per heavy atom. The van der Waals surface area contributed by atoms with Crippen molar-refractivity contribution in [3.05, 3.63) is 59.7 Å². The van der Waals surface area contributed by atoms with Gasteiger partial charge in [-0.05, 0) is 29.8 Å². The van der Waals surface area contributed by atoms with Crippen molar-refractivity contribution in [3.8, 4) is 11.5 Å². The fourth-order valence-electron chi connectivity index (χ4n) is 1.56. The lowest BCUT2D eigenvalue weighted by atomic mass is 10.1. The number of aromatic hydroxyl groups is 2. The minimum absolute atomic E-state index is 0.0410. The van der Waals surface area contributed by atoms with Crippen LogP contribution in [0.15, 0.2) is 48.5 Å². The third kappa shape index (κ3) is 2.79. The molecule has 0 bridgehead atoms. The fraction of sp³-hybridized carbons (Fsp3) is 0.0714. The topological polar surface area (TPSA) is 69.6 Å². The van der Waals surface area contributed by atoms with Gasteiger partial charge < -0.3 is 15.5 Å². The lowest BCUT2D eigenvalue weighted by Crippen LogP contribution is -2.22. The summed E-state index contributed by atoms with van der Waals surface area (Å²) < 4.78 is 0. The predicted octanol–water partition coefficient (Wildman–Crippen LogP) is 2.03. The lowest BCUT2D eigenvalue weighted by molar-refractivity contribution is 0.0948. The van der Waals surface area contributed by atoms with Crippen molar-refractivity contribution in [3.63, 3.8) is 0 Å². The summed E-state index contributed by atoms with van der Waals surface area (Å²) in [6.45, 7) is 0.341. The molecule has 0 unspecified atom stereocenters. The normalized spacial score (nSPS) is 10.0. The van der Waals surface area contributed by atoms with E-state index in [0.717, 1.165) is 5.56 Å². The molecule has 0 saturated heterocycles. The minimum Gasteiger partial charge on any atom is -0.508 e. The van der Waals surface area contributed by atoms with Crippen LogP contribution in [0.25, 0.3) is 0 Å². The molecule has 1 amide bonds. The minimum atomic E-state index is -0.332. The van der Waals surface area contributed by atoms with Crippen molar-refractivity contribution >= 4 is 5.91 Å². The number of hydrogen-bond donors (Lipinski definition) is 3. The van der Waals surface area contributed by atoms with Crippen molar-refractivity contribution in [2.75, 3.05) is 0 Å². The van der Waals surface area contributed by atoms with Gasteiger partial charge in [0.2, 0.25) is 0 Å². The Hall–Kier alpha value is -2.49. The van der Waals surface area contributed by atoms with Gasteiger partial charge >= 0.3 is 0 Å². The molecule has 0 atom stereocenters. The van der Waals surface area contributed by atoms with Crippen LogP contribution in [-0.2, 0) is 6.54 Å². The van der Waals surface area contributed by atoms with Gasteiger partial charge in [-0.2, -0.15) is 0 Å². The molecule has 0 fully saturated rings. The number of phenolic OH excluding ortho intramolecular Hbond substituents is 2. The standard InChI is InChI=1S/C14H13NO3/c16-11-7-5-10(6-8-11)9-15-14(18)12-3-1-2-4-13(12)17/h1-8,16-17H,9H2,(H,15,18). The number of rotatable bonds is 3. The Balaban J connectivity index is 2.01. The fourth-order valence-corrected chi connectivity index (χ4v) is 1.56. The van der Waals surface area contributed by atoms with Gasteiger partial charge in [0, 0.05) is 6.54 Å². The van der Waals surface area contributed by atoms with Crippen molar-refractivity contribution in [1.82, 2.24) is 5.32 Å². The number of amides is 1. The monoisotopic (exact) mass is 243 g/mol. The van der Waals surface area contributed by atoms with E-state index in [9.17, 15) is 9.90 Å². The number of phenols is 2. The van der Waals surface area contributed by atoms with Gasteiger partial charge in [0.05, 0.1) is 5.56 Å². The zero-order chi connectivity index (χ0) is 13.0. The Bertz CT molecular complexity index is 549. The van der Waals surface area contributed by atoms with Crippen LogP contribution in [0.2, 0.25) is 0 Å². The van der Waals surface area contributed by atoms with Crippen LogP contribution in [0, 0.1) is 0 Å². The Morgan fingerprint density at radius 1 is 1.00 bits per heavy atom. The molecular formula is C14H13NO3. The second kappa shape index (κ2) is 5.23. The molecule has 2 aromatic rings. The quantitative estimate of drug-likeness (QED) is 0.772. The molecule has 0 aliphatic rings. The van der Waals surface area contributed by atoms with E-state index in [-0.39, 0.29) is 23.0 Å². The molecule has 0 aliphatic heterocycles. The Labute approximate surface area is 105 Å². The molecule has 0 saturated carbocycles. The van der Waals surface area contributed by atoms with E-state index in [1.54, 1.807) is 42.5 Å². The number of para-hydroxylation sites is 1. The molecule has 0 radical (unpaired) electrons. The van der Waals surface area contributed by atoms with Crippen molar-refractivity contribution < 1.29 is 15.0 Å². The molecule has 3 N–H and O–H groups in total. The highest BCUT2D eigenvalue weighted by Gasteiger charge is 2.09. The number of nitrogens with one attached hydrogen (secondary N) is 1. The Morgan fingerprint density at radius 2 is 1.67 bits per heavy atom. The summed E-state index contributed by atoms with van der Waals surface area (Å²) in [5, 5.41) is 21.3. The van der Waals surface area contributed by atoms with Gasteiger partial charge in [0.1, 0.15) is 11.5 Å². The molecule has 4 nitrogen and oxygen atoms in total.